The van der Waals surface area contributed by atoms with Crippen LogP contribution < -0.4 is 5.69 Å². The number of pyridine rings is 1. The minimum atomic E-state index is -0.00268. The van der Waals surface area contributed by atoms with E-state index in [1.54, 1.807) is 12.4 Å². The van der Waals surface area contributed by atoms with E-state index in [0.717, 1.165) is 68.5 Å². The Morgan fingerprint density at radius 2 is 1.71 bits per heavy atom. The Hall–Kier alpha value is -2.93. The summed E-state index contributed by atoms with van der Waals surface area (Å²) in [5, 5.41) is 0. The van der Waals surface area contributed by atoms with Crippen LogP contribution in [-0.4, -0.2) is 62.5 Å². The fourth-order valence-electron chi connectivity index (χ4n) is 5.23. The van der Waals surface area contributed by atoms with Gasteiger partial charge in [0.1, 0.15) is 0 Å². The van der Waals surface area contributed by atoms with E-state index >= 15 is 0 Å². The highest BCUT2D eigenvalue weighted by Crippen LogP contribution is 2.28. The number of aromatic amines is 1. The van der Waals surface area contributed by atoms with Gasteiger partial charge in [0.15, 0.2) is 0 Å². The molecule has 0 atom stereocenters. The first kappa shape index (κ1) is 20.0. The van der Waals surface area contributed by atoms with Crippen molar-refractivity contribution in [3.63, 3.8) is 0 Å². The van der Waals surface area contributed by atoms with Crippen LogP contribution in [0.15, 0.2) is 47.5 Å². The highest BCUT2D eigenvalue weighted by molar-refractivity contribution is 5.94. The number of H-pyrrole nitrogens is 1. The van der Waals surface area contributed by atoms with Crippen LogP contribution >= 0.6 is 0 Å². The van der Waals surface area contributed by atoms with Gasteiger partial charge in [0.05, 0.1) is 16.6 Å². The normalized spacial score (nSPS) is 19.2. The van der Waals surface area contributed by atoms with Crippen molar-refractivity contribution < 1.29 is 4.79 Å². The standard InChI is InChI=1S/C24H29N5O2/c1-17-14-18(16-25-15-17)23(30)28-12-6-19(7-13-28)27-10-8-20(9-11-27)29-22-5-3-2-4-21(22)26-24(29)31/h2-5,14-16,19-20H,6-13H2,1H3,(H,26,31). The first-order valence-electron chi connectivity index (χ1n) is 11.2. The van der Waals surface area contributed by atoms with E-state index < -0.39 is 0 Å². The summed E-state index contributed by atoms with van der Waals surface area (Å²) >= 11 is 0. The number of fused-ring (bicyclic) bond motifs is 1. The lowest BCUT2D eigenvalue weighted by Crippen LogP contribution is -2.49. The number of benzene rings is 1. The fourth-order valence-corrected chi connectivity index (χ4v) is 5.23. The average Bonchev–Trinajstić information content (AvgIpc) is 3.14. The molecule has 162 valence electrons. The minimum absolute atomic E-state index is 0.00268. The van der Waals surface area contributed by atoms with Gasteiger partial charge in [-0.25, -0.2) is 4.79 Å². The van der Waals surface area contributed by atoms with Crippen molar-refractivity contribution in [1.82, 2.24) is 24.3 Å². The fraction of sp³-hybridized carbons (Fsp3) is 0.458. The maximum Gasteiger partial charge on any atom is 0.326 e. The molecule has 2 fully saturated rings. The second-order valence-corrected chi connectivity index (χ2v) is 8.86. The number of para-hydroxylation sites is 2. The maximum atomic E-state index is 12.8. The summed E-state index contributed by atoms with van der Waals surface area (Å²) in [5.41, 5.74) is 3.61. The van der Waals surface area contributed by atoms with Gasteiger partial charge in [-0.1, -0.05) is 12.1 Å². The molecule has 2 saturated heterocycles. The highest BCUT2D eigenvalue weighted by atomic mass is 16.2. The number of aromatic nitrogens is 3. The molecule has 2 aliphatic rings. The van der Waals surface area contributed by atoms with E-state index in [-0.39, 0.29) is 17.6 Å². The van der Waals surface area contributed by atoms with Crippen LogP contribution in [0.4, 0.5) is 0 Å². The first-order chi connectivity index (χ1) is 15.1. The molecular weight excluding hydrogens is 390 g/mol. The summed E-state index contributed by atoms with van der Waals surface area (Å²) in [6.45, 7) is 5.54. The van der Waals surface area contributed by atoms with Crippen LogP contribution in [-0.2, 0) is 0 Å². The van der Waals surface area contributed by atoms with Gasteiger partial charge in [-0.2, -0.15) is 0 Å². The molecule has 3 aromatic rings. The zero-order valence-electron chi connectivity index (χ0n) is 18.0. The molecule has 7 nitrogen and oxygen atoms in total. The average molecular weight is 420 g/mol. The number of aryl methyl sites for hydroxylation is 1. The van der Waals surface area contributed by atoms with Crippen molar-refractivity contribution in [2.75, 3.05) is 26.2 Å². The highest BCUT2D eigenvalue weighted by Gasteiger charge is 2.31. The number of amides is 1. The van der Waals surface area contributed by atoms with E-state index in [2.05, 4.69) is 14.9 Å². The zero-order chi connectivity index (χ0) is 21.4. The molecule has 1 aromatic carbocycles. The van der Waals surface area contributed by atoms with Gasteiger partial charge in [0, 0.05) is 50.7 Å². The van der Waals surface area contributed by atoms with Gasteiger partial charge < -0.3 is 14.8 Å². The van der Waals surface area contributed by atoms with E-state index in [9.17, 15) is 9.59 Å². The monoisotopic (exact) mass is 419 g/mol. The molecule has 0 unspecified atom stereocenters. The molecule has 0 radical (unpaired) electrons. The Morgan fingerprint density at radius 1 is 1.00 bits per heavy atom. The lowest BCUT2D eigenvalue weighted by molar-refractivity contribution is 0.0557. The molecule has 0 saturated carbocycles. The quantitative estimate of drug-likeness (QED) is 0.708. The number of rotatable bonds is 3. The Labute approximate surface area is 181 Å². The molecule has 7 heteroatoms. The van der Waals surface area contributed by atoms with Crippen LogP contribution in [0.5, 0.6) is 0 Å². The van der Waals surface area contributed by atoms with Crippen LogP contribution in [0.3, 0.4) is 0 Å². The Kier molecular flexibility index (Phi) is 5.36. The molecule has 4 heterocycles. The topological polar surface area (TPSA) is 74.2 Å². The summed E-state index contributed by atoms with van der Waals surface area (Å²) in [6.07, 6.45) is 7.41. The van der Waals surface area contributed by atoms with Crippen molar-refractivity contribution >= 4 is 16.9 Å². The number of carbonyl (C=O) groups is 1. The van der Waals surface area contributed by atoms with Gasteiger partial charge in [0.25, 0.3) is 5.91 Å². The summed E-state index contributed by atoms with van der Waals surface area (Å²) in [6, 6.07) is 10.6. The smallest absolute Gasteiger partial charge is 0.326 e. The number of nitrogens with one attached hydrogen (secondary N) is 1. The number of hydrogen-bond acceptors (Lipinski definition) is 4. The van der Waals surface area contributed by atoms with E-state index in [1.165, 1.54) is 0 Å². The van der Waals surface area contributed by atoms with E-state index in [0.29, 0.717) is 11.6 Å². The Balaban J connectivity index is 1.18. The molecule has 0 aliphatic carbocycles. The molecule has 2 aromatic heterocycles. The van der Waals surface area contributed by atoms with Gasteiger partial charge >= 0.3 is 5.69 Å². The lowest BCUT2D eigenvalue weighted by atomic mass is 9.97. The third-order valence-corrected chi connectivity index (χ3v) is 6.88. The largest absolute Gasteiger partial charge is 0.338 e. The van der Waals surface area contributed by atoms with Gasteiger partial charge in [-0.05, 0) is 56.4 Å². The van der Waals surface area contributed by atoms with Crippen LogP contribution in [0.2, 0.25) is 0 Å². The van der Waals surface area contributed by atoms with E-state index in [4.69, 9.17) is 0 Å². The van der Waals surface area contributed by atoms with Crippen molar-refractivity contribution in [2.45, 2.75) is 44.7 Å². The van der Waals surface area contributed by atoms with Crippen molar-refractivity contribution in [2.24, 2.45) is 0 Å². The van der Waals surface area contributed by atoms with Crippen LogP contribution in [0.25, 0.3) is 11.0 Å². The minimum Gasteiger partial charge on any atom is -0.338 e. The molecule has 1 N–H and O–H groups in total. The zero-order valence-corrected chi connectivity index (χ0v) is 18.0. The summed E-state index contributed by atoms with van der Waals surface area (Å²) < 4.78 is 1.95. The predicted octanol–water partition coefficient (Wildman–Crippen LogP) is 2.97. The number of imidazole rings is 1. The third-order valence-electron chi connectivity index (χ3n) is 6.88. The Morgan fingerprint density at radius 3 is 2.45 bits per heavy atom. The molecule has 2 aliphatic heterocycles. The molecule has 5 rings (SSSR count). The van der Waals surface area contributed by atoms with Crippen molar-refractivity contribution in [3.05, 3.63) is 64.3 Å². The van der Waals surface area contributed by atoms with Crippen molar-refractivity contribution in [3.8, 4) is 0 Å². The third kappa shape index (κ3) is 3.90. The molecule has 0 bridgehead atoms. The molecular formula is C24H29N5O2. The van der Waals surface area contributed by atoms with Crippen molar-refractivity contribution in [1.29, 1.82) is 0 Å². The van der Waals surface area contributed by atoms with Gasteiger partial charge in [-0.15, -0.1) is 0 Å². The summed E-state index contributed by atoms with van der Waals surface area (Å²) in [5.74, 6) is 0.0899. The maximum absolute atomic E-state index is 12.8. The second-order valence-electron chi connectivity index (χ2n) is 8.86. The SMILES string of the molecule is Cc1cncc(C(=O)N2CCC(N3CCC(n4c(=O)[nH]c5ccccc54)CC3)CC2)c1. The van der Waals surface area contributed by atoms with Crippen LogP contribution in [0.1, 0.15) is 47.6 Å². The summed E-state index contributed by atoms with van der Waals surface area (Å²) in [7, 11) is 0. The molecule has 0 spiro atoms. The Bertz CT molecular complexity index is 1130. The number of hydrogen-bond donors (Lipinski definition) is 1. The summed E-state index contributed by atoms with van der Waals surface area (Å²) in [4.78, 5) is 37.0. The van der Waals surface area contributed by atoms with Gasteiger partial charge in [-0.3, -0.25) is 14.3 Å². The van der Waals surface area contributed by atoms with E-state index in [1.807, 2.05) is 46.7 Å². The number of nitrogens with zero attached hydrogens (tertiary/aromatic N) is 4. The molecule has 31 heavy (non-hydrogen) atoms. The molecule has 1 amide bonds. The van der Waals surface area contributed by atoms with Gasteiger partial charge in [0.2, 0.25) is 0 Å². The first-order valence-corrected chi connectivity index (χ1v) is 11.2. The second kappa shape index (κ2) is 8.30. The number of piperidine rings is 2. The number of carbonyl (C=O) groups excluding carboxylic acids is 1. The van der Waals surface area contributed by atoms with Crippen LogP contribution in [0, 0.1) is 6.92 Å². The number of likely N-dealkylation sites (tertiary alicyclic amines) is 2. The predicted molar refractivity (Wildman–Crippen MR) is 120 cm³/mol. The lowest BCUT2D eigenvalue weighted by Gasteiger charge is -2.42.